The molecular weight excluding hydrogens is 398 g/mol. The number of furan rings is 1. The Balaban J connectivity index is 1.48. The Bertz CT molecular complexity index is 1070. The largest absolute Gasteiger partial charge is 0.452 e. The van der Waals surface area contributed by atoms with Gasteiger partial charge in [0.1, 0.15) is 10.7 Å². The average Bonchev–Trinajstić information content (AvgIpc) is 3.35. The highest BCUT2D eigenvalue weighted by Gasteiger charge is 2.12. The van der Waals surface area contributed by atoms with Crippen LogP contribution in [0.1, 0.15) is 11.3 Å². The Kier molecular flexibility index (Phi) is 6.15. The van der Waals surface area contributed by atoms with Gasteiger partial charge in [-0.05, 0) is 19.1 Å². The summed E-state index contributed by atoms with van der Waals surface area (Å²) in [7, 11) is 0. The van der Waals surface area contributed by atoms with E-state index >= 15 is 0 Å². The van der Waals surface area contributed by atoms with Gasteiger partial charge in [-0.3, -0.25) is 20.2 Å². The Labute approximate surface area is 168 Å². The number of amides is 1. The number of ether oxygens (including phenoxy) is 1. The molecule has 148 valence electrons. The zero-order chi connectivity index (χ0) is 20.8. The summed E-state index contributed by atoms with van der Waals surface area (Å²) in [6.45, 7) is 1.49. The van der Waals surface area contributed by atoms with Crippen molar-refractivity contribution in [2.75, 3.05) is 11.9 Å². The van der Waals surface area contributed by atoms with Crippen molar-refractivity contribution in [1.29, 1.82) is 0 Å². The SMILES string of the molecule is Cc1ccc(-c2csc(NC(=O)COC(=O)/C=C/c3ccc([N+](=O)[O-])o3)n2)cc1. The van der Waals surface area contributed by atoms with Gasteiger partial charge in [-0.2, -0.15) is 0 Å². The molecule has 3 rings (SSSR count). The van der Waals surface area contributed by atoms with Crippen molar-refractivity contribution in [3.63, 3.8) is 0 Å². The average molecular weight is 413 g/mol. The zero-order valence-electron chi connectivity index (χ0n) is 15.2. The van der Waals surface area contributed by atoms with E-state index < -0.39 is 29.3 Å². The monoisotopic (exact) mass is 413 g/mol. The smallest absolute Gasteiger partial charge is 0.433 e. The normalized spacial score (nSPS) is 10.8. The molecule has 1 aromatic carbocycles. The number of rotatable bonds is 7. The van der Waals surface area contributed by atoms with E-state index in [1.807, 2.05) is 36.6 Å². The molecule has 2 heterocycles. The molecule has 0 unspecified atom stereocenters. The molecule has 0 fully saturated rings. The number of nitrogens with one attached hydrogen (secondary N) is 1. The minimum absolute atomic E-state index is 0.115. The lowest BCUT2D eigenvalue weighted by Gasteiger charge is -2.02. The molecule has 2 aromatic heterocycles. The van der Waals surface area contributed by atoms with E-state index in [2.05, 4.69) is 10.3 Å². The molecule has 3 aromatic rings. The Hall–Kier alpha value is -3.79. The highest BCUT2D eigenvalue weighted by molar-refractivity contribution is 7.14. The third-order valence-electron chi connectivity index (χ3n) is 3.62. The second-order valence-corrected chi connectivity index (χ2v) is 6.68. The van der Waals surface area contributed by atoms with Crippen molar-refractivity contribution in [2.45, 2.75) is 6.92 Å². The maximum Gasteiger partial charge on any atom is 0.433 e. The molecule has 29 heavy (non-hydrogen) atoms. The van der Waals surface area contributed by atoms with Gasteiger partial charge in [0.25, 0.3) is 5.91 Å². The molecule has 0 saturated heterocycles. The van der Waals surface area contributed by atoms with Gasteiger partial charge >= 0.3 is 11.9 Å². The zero-order valence-corrected chi connectivity index (χ0v) is 16.0. The van der Waals surface area contributed by atoms with E-state index in [1.54, 1.807) is 0 Å². The summed E-state index contributed by atoms with van der Waals surface area (Å²) < 4.78 is 9.69. The van der Waals surface area contributed by atoms with Gasteiger partial charge in [0.15, 0.2) is 11.7 Å². The third kappa shape index (κ3) is 5.59. The first-order valence-electron chi connectivity index (χ1n) is 8.32. The van der Waals surface area contributed by atoms with E-state index in [0.29, 0.717) is 5.13 Å². The summed E-state index contributed by atoms with van der Waals surface area (Å²) in [5.41, 5.74) is 2.80. The molecule has 0 bridgehead atoms. The number of benzene rings is 1. The fourth-order valence-corrected chi connectivity index (χ4v) is 2.94. The van der Waals surface area contributed by atoms with Crippen LogP contribution in [0, 0.1) is 17.0 Å². The van der Waals surface area contributed by atoms with Crippen molar-refractivity contribution in [3.05, 3.63) is 69.3 Å². The maximum absolute atomic E-state index is 11.9. The number of aromatic nitrogens is 1. The minimum Gasteiger partial charge on any atom is -0.452 e. The third-order valence-corrected chi connectivity index (χ3v) is 4.38. The molecule has 0 aliphatic rings. The van der Waals surface area contributed by atoms with Gasteiger partial charge in [-0.1, -0.05) is 29.8 Å². The Morgan fingerprint density at radius 1 is 1.28 bits per heavy atom. The number of hydrogen-bond donors (Lipinski definition) is 1. The fourth-order valence-electron chi connectivity index (χ4n) is 2.21. The second-order valence-electron chi connectivity index (χ2n) is 5.83. The molecule has 0 aliphatic carbocycles. The molecule has 9 nitrogen and oxygen atoms in total. The van der Waals surface area contributed by atoms with Crippen molar-refractivity contribution in [3.8, 4) is 11.3 Å². The molecule has 1 amide bonds. The van der Waals surface area contributed by atoms with Gasteiger partial charge in [0.2, 0.25) is 0 Å². The van der Waals surface area contributed by atoms with Gasteiger partial charge < -0.3 is 9.15 Å². The number of anilines is 1. The molecule has 0 radical (unpaired) electrons. The van der Waals surface area contributed by atoms with Gasteiger partial charge in [0.05, 0.1) is 11.8 Å². The highest BCUT2D eigenvalue weighted by atomic mass is 32.1. The van der Waals surface area contributed by atoms with E-state index in [1.165, 1.54) is 23.5 Å². The second kappa shape index (κ2) is 8.93. The van der Waals surface area contributed by atoms with Crippen LogP contribution in [0.2, 0.25) is 0 Å². The van der Waals surface area contributed by atoms with Gasteiger partial charge in [-0.15, -0.1) is 11.3 Å². The van der Waals surface area contributed by atoms with Crippen LogP contribution in [0.5, 0.6) is 0 Å². The summed E-state index contributed by atoms with van der Waals surface area (Å²) in [6.07, 6.45) is 2.22. The van der Waals surface area contributed by atoms with Crippen LogP contribution in [0.4, 0.5) is 11.0 Å². The van der Waals surface area contributed by atoms with Crippen LogP contribution >= 0.6 is 11.3 Å². The lowest BCUT2D eigenvalue weighted by molar-refractivity contribution is -0.402. The van der Waals surface area contributed by atoms with Crippen molar-refractivity contribution < 1.29 is 23.7 Å². The number of esters is 1. The first kappa shape index (κ1) is 20.0. The fraction of sp³-hybridized carbons (Fsp3) is 0.105. The first-order chi connectivity index (χ1) is 13.9. The van der Waals surface area contributed by atoms with E-state index in [-0.39, 0.29) is 5.76 Å². The standard InChI is InChI=1S/C19H15N3O6S/c1-12-2-4-13(5-3-12)15-11-29-19(20-15)21-16(23)10-27-18(24)9-7-14-6-8-17(28-14)22(25)26/h2-9,11H,10H2,1H3,(H,20,21,23)/b9-7+. The number of thiazole rings is 1. The van der Waals surface area contributed by atoms with Crippen LogP contribution in [0.3, 0.4) is 0 Å². The highest BCUT2D eigenvalue weighted by Crippen LogP contribution is 2.25. The van der Waals surface area contributed by atoms with Crippen molar-refractivity contribution in [2.24, 2.45) is 0 Å². The van der Waals surface area contributed by atoms with Crippen LogP contribution in [0.15, 0.2) is 52.3 Å². The number of nitro groups is 1. The van der Waals surface area contributed by atoms with Crippen molar-refractivity contribution >= 4 is 40.3 Å². The van der Waals surface area contributed by atoms with Gasteiger partial charge in [0, 0.05) is 17.0 Å². The first-order valence-corrected chi connectivity index (χ1v) is 9.20. The van der Waals surface area contributed by atoms with E-state index in [9.17, 15) is 19.7 Å². The maximum atomic E-state index is 11.9. The summed E-state index contributed by atoms with van der Waals surface area (Å²) in [5, 5.41) is 15.3. The Morgan fingerprint density at radius 3 is 2.72 bits per heavy atom. The lowest BCUT2D eigenvalue weighted by Crippen LogP contribution is -2.20. The van der Waals surface area contributed by atoms with E-state index in [0.717, 1.165) is 29.0 Å². The minimum atomic E-state index is -0.793. The van der Waals surface area contributed by atoms with Crippen LogP contribution in [0.25, 0.3) is 17.3 Å². The predicted octanol–water partition coefficient (Wildman–Crippen LogP) is 3.81. The number of carbonyl (C=O) groups is 2. The van der Waals surface area contributed by atoms with Crippen molar-refractivity contribution in [1.82, 2.24) is 4.98 Å². The molecule has 0 atom stereocenters. The summed E-state index contributed by atoms with van der Waals surface area (Å²) >= 11 is 1.26. The quantitative estimate of drug-likeness (QED) is 0.270. The van der Waals surface area contributed by atoms with Crippen LogP contribution < -0.4 is 5.32 Å². The molecule has 10 heteroatoms. The number of nitrogens with zero attached hydrogens (tertiary/aromatic N) is 2. The topological polar surface area (TPSA) is 125 Å². The summed E-state index contributed by atoms with van der Waals surface area (Å²) in [4.78, 5) is 37.7. The molecule has 0 saturated carbocycles. The molecule has 0 aliphatic heterocycles. The molecular formula is C19H15N3O6S. The number of aryl methyl sites for hydroxylation is 1. The Morgan fingerprint density at radius 2 is 2.03 bits per heavy atom. The van der Waals surface area contributed by atoms with Gasteiger partial charge in [-0.25, -0.2) is 9.78 Å². The predicted molar refractivity (Wildman–Crippen MR) is 106 cm³/mol. The summed E-state index contributed by atoms with van der Waals surface area (Å²) in [5.74, 6) is -1.65. The molecule has 0 spiro atoms. The van der Waals surface area contributed by atoms with Crippen LogP contribution in [-0.4, -0.2) is 28.4 Å². The summed E-state index contributed by atoms with van der Waals surface area (Å²) in [6, 6.07) is 10.3. The lowest BCUT2D eigenvalue weighted by atomic mass is 10.1. The number of hydrogen-bond acceptors (Lipinski definition) is 8. The van der Waals surface area contributed by atoms with Crippen LogP contribution in [-0.2, 0) is 14.3 Å². The van der Waals surface area contributed by atoms with E-state index in [4.69, 9.17) is 9.15 Å². The number of carbonyl (C=O) groups excluding carboxylic acids is 2. The molecule has 1 N–H and O–H groups in total.